The summed E-state index contributed by atoms with van der Waals surface area (Å²) in [6.07, 6.45) is 8.20. The van der Waals surface area contributed by atoms with Crippen LogP contribution in [0.15, 0.2) is 11.2 Å². The van der Waals surface area contributed by atoms with Gasteiger partial charge in [-0.05, 0) is 39.5 Å². The number of aryl methyl sites for hydroxylation is 2. The van der Waals surface area contributed by atoms with Gasteiger partial charge in [-0.3, -0.25) is 4.99 Å². The van der Waals surface area contributed by atoms with E-state index in [1.54, 1.807) is 0 Å². The number of nitrogens with one attached hydrogen (secondary N) is 2. The van der Waals surface area contributed by atoms with E-state index in [2.05, 4.69) is 45.1 Å². The quantitative estimate of drug-likeness (QED) is 0.652. The molecule has 24 heavy (non-hydrogen) atoms. The Bertz CT molecular complexity index is 530. The topological polar surface area (TPSA) is 57.5 Å². The lowest BCUT2D eigenvalue weighted by Crippen LogP contribution is -2.49. The van der Waals surface area contributed by atoms with Gasteiger partial charge in [-0.1, -0.05) is 0 Å². The average molecular weight is 332 g/mol. The summed E-state index contributed by atoms with van der Waals surface area (Å²) < 4.78 is 2.30. The molecule has 0 amide bonds. The fraction of sp³-hybridized carbons (Fsp3) is 0.778. The number of aromatic nitrogens is 2. The predicted octanol–water partition coefficient (Wildman–Crippen LogP) is 1.76. The standard InChI is InChI=1S/C18H32N6/c1-14(2)23-10-7-15(8-11-23)22-18(19-3)20-12-16-13-24-9-5-4-6-17(24)21-16/h13-15H,4-12H2,1-3H3,(H2,19,20,22). The summed E-state index contributed by atoms with van der Waals surface area (Å²) in [6.45, 7) is 8.74. The fourth-order valence-electron chi connectivity index (χ4n) is 3.68. The van der Waals surface area contributed by atoms with Gasteiger partial charge in [0.05, 0.1) is 12.2 Å². The van der Waals surface area contributed by atoms with Crippen molar-refractivity contribution in [3.05, 3.63) is 17.7 Å². The Kier molecular flexibility index (Phi) is 5.76. The van der Waals surface area contributed by atoms with Gasteiger partial charge in [-0.2, -0.15) is 0 Å². The zero-order chi connectivity index (χ0) is 16.9. The van der Waals surface area contributed by atoms with Gasteiger partial charge >= 0.3 is 0 Å². The monoisotopic (exact) mass is 332 g/mol. The molecule has 0 aromatic carbocycles. The maximum Gasteiger partial charge on any atom is 0.191 e. The third-order valence-corrected chi connectivity index (χ3v) is 5.22. The number of hydrogen-bond acceptors (Lipinski definition) is 3. The van der Waals surface area contributed by atoms with E-state index in [1.807, 2.05) is 7.05 Å². The molecule has 0 spiro atoms. The molecule has 3 rings (SSSR count). The van der Waals surface area contributed by atoms with Gasteiger partial charge in [0.15, 0.2) is 5.96 Å². The van der Waals surface area contributed by atoms with Crippen molar-refractivity contribution in [1.29, 1.82) is 0 Å². The third-order valence-electron chi connectivity index (χ3n) is 5.22. The minimum atomic E-state index is 0.515. The molecule has 6 heteroatoms. The van der Waals surface area contributed by atoms with Crippen molar-refractivity contribution in [2.45, 2.75) is 71.1 Å². The number of hydrogen-bond donors (Lipinski definition) is 2. The minimum absolute atomic E-state index is 0.515. The van der Waals surface area contributed by atoms with Gasteiger partial charge in [-0.25, -0.2) is 4.98 Å². The van der Waals surface area contributed by atoms with Crippen molar-refractivity contribution < 1.29 is 0 Å². The van der Waals surface area contributed by atoms with Gasteiger partial charge in [0.25, 0.3) is 0 Å². The number of rotatable bonds is 4. The molecule has 1 saturated heterocycles. The zero-order valence-corrected chi connectivity index (χ0v) is 15.4. The number of aliphatic imine (C=N–C) groups is 1. The first-order valence-corrected chi connectivity index (χ1v) is 9.42. The second-order valence-electron chi connectivity index (χ2n) is 7.27. The van der Waals surface area contributed by atoms with E-state index in [0.717, 1.165) is 31.2 Å². The largest absolute Gasteiger partial charge is 0.354 e. The minimum Gasteiger partial charge on any atom is -0.354 e. The molecule has 0 unspecified atom stereocenters. The van der Waals surface area contributed by atoms with E-state index in [0.29, 0.717) is 12.1 Å². The summed E-state index contributed by atoms with van der Waals surface area (Å²) in [7, 11) is 1.84. The second kappa shape index (κ2) is 8.01. The van der Waals surface area contributed by atoms with Crippen LogP contribution in [0.2, 0.25) is 0 Å². The summed E-state index contributed by atoms with van der Waals surface area (Å²) in [6, 6.07) is 1.16. The van der Waals surface area contributed by atoms with Crippen LogP contribution in [0.3, 0.4) is 0 Å². The highest BCUT2D eigenvalue weighted by Crippen LogP contribution is 2.15. The van der Waals surface area contributed by atoms with Crippen LogP contribution < -0.4 is 10.6 Å². The summed E-state index contributed by atoms with van der Waals surface area (Å²) in [5.41, 5.74) is 1.12. The summed E-state index contributed by atoms with van der Waals surface area (Å²) in [5.74, 6) is 2.13. The van der Waals surface area contributed by atoms with E-state index in [4.69, 9.17) is 4.98 Å². The molecule has 1 fully saturated rings. The number of piperidine rings is 1. The molecule has 3 heterocycles. The number of nitrogens with zero attached hydrogens (tertiary/aromatic N) is 4. The lowest BCUT2D eigenvalue weighted by atomic mass is 10.0. The highest BCUT2D eigenvalue weighted by molar-refractivity contribution is 5.79. The maximum atomic E-state index is 4.74. The molecular formula is C18H32N6. The molecule has 6 nitrogen and oxygen atoms in total. The molecule has 0 radical (unpaired) electrons. The first-order valence-electron chi connectivity index (χ1n) is 9.42. The number of guanidine groups is 1. The summed E-state index contributed by atoms with van der Waals surface area (Å²) >= 11 is 0. The van der Waals surface area contributed by atoms with Crippen LogP contribution >= 0.6 is 0 Å². The Morgan fingerprint density at radius 2 is 2.08 bits per heavy atom. The van der Waals surface area contributed by atoms with Crippen LogP contribution in [-0.2, 0) is 19.5 Å². The summed E-state index contributed by atoms with van der Waals surface area (Å²) in [5, 5.41) is 7.00. The van der Waals surface area contributed by atoms with Crippen molar-refractivity contribution in [2.24, 2.45) is 4.99 Å². The average Bonchev–Trinajstić information content (AvgIpc) is 3.02. The SMILES string of the molecule is CN=C(NCc1cn2c(n1)CCCC2)NC1CCN(C(C)C)CC1. The Morgan fingerprint density at radius 3 is 2.75 bits per heavy atom. The second-order valence-corrected chi connectivity index (χ2v) is 7.27. The highest BCUT2D eigenvalue weighted by Gasteiger charge is 2.21. The fourth-order valence-corrected chi connectivity index (χ4v) is 3.68. The predicted molar refractivity (Wildman–Crippen MR) is 98.2 cm³/mol. The van der Waals surface area contributed by atoms with Crippen molar-refractivity contribution in [3.63, 3.8) is 0 Å². The van der Waals surface area contributed by atoms with Crippen molar-refractivity contribution in [2.75, 3.05) is 20.1 Å². The number of fused-ring (bicyclic) bond motifs is 1. The number of imidazole rings is 1. The number of likely N-dealkylation sites (tertiary alicyclic amines) is 1. The maximum absolute atomic E-state index is 4.74. The highest BCUT2D eigenvalue weighted by atomic mass is 15.2. The molecule has 134 valence electrons. The van der Waals surface area contributed by atoms with Gasteiger partial charge < -0.3 is 20.1 Å². The molecule has 0 atom stereocenters. The Morgan fingerprint density at radius 1 is 1.29 bits per heavy atom. The van der Waals surface area contributed by atoms with E-state index < -0.39 is 0 Å². The molecule has 1 aromatic heterocycles. The lowest BCUT2D eigenvalue weighted by molar-refractivity contribution is 0.167. The van der Waals surface area contributed by atoms with Gasteiger partial charge in [0, 0.05) is 51.4 Å². The molecule has 0 bridgehead atoms. The summed E-state index contributed by atoms with van der Waals surface area (Å²) in [4.78, 5) is 11.7. The van der Waals surface area contributed by atoms with Gasteiger partial charge in [0.1, 0.15) is 5.82 Å². The van der Waals surface area contributed by atoms with Crippen molar-refractivity contribution in [3.8, 4) is 0 Å². The van der Waals surface area contributed by atoms with E-state index in [9.17, 15) is 0 Å². The van der Waals surface area contributed by atoms with Crippen molar-refractivity contribution >= 4 is 5.96 Å². The molecular weight excluding hydrogens is 300 g/mol. The lowest BCUT2D eigenvalue weighted by Gasteiger charge is -2.35. The van der Waals surface area contributed by atoms with E-state index in [1.165, 1.54) is 44.6 Å². The Hall–Kier alpha value is -1.56. The van der Waals surface area contributed by atoms with Gasteiger partial charge in [-0.15, -0.1) is 0 Å². The first kappa shape index (κ1) is 17.3. The van der Waals surface area contributed by atoms with Crippen LogP contribution in [0.1, 0.15) is 51.0 Å². The normalized spacial score (nSPS) is 20.2. The smallest absolute Gasteiger partial charge is 0.191 e. The molecule has 2 aliphatic rings. The van der Waals surface area contributed by atoms with Gasteiger partial charge in [0.2, 0.25) is 0 Å². The van der Waals surface area contributed by atoms with Crippen LogP contribution in [0.25, 0.3) is 0 Å². The molecule has 0 aliphatic carbocycles. The molecule has 0 saturated carbocycles. The van der Waals surface area contributed by atoms with Crippen LogP contribution in [-0.4, -0.2) is 52.6 Å². The zero-order valence-electron chi connectivity index (χ0n) is 15.4. The van der Waals surface area contributed by atoms with E-state index >= 15 is 0 Å². The van der Waals surface area contributed by atoms with Crippen molar-refractivity contribution in [1.82, 2.24) is 25.1 Å². The van der Waals surface area contributed by atoms with E-state index in [-0.39, 0.29) is 0 Å². The third kappa shape index (κ3) is 4.29. The van der Waals surface area contributed by atoms with Crippen LogP contribution in [0, 0.1) is 0 Å². The molecule has 2 aliphatic heterocycles. The first-order chi connectivity index (χ1) is 11.7. The van der Waals surface area contributed by atoms with Crippen LogP contribution in [0.5, 0.6) is 0 Å². The molecule has 1 aromatic rings. The Labute approximate surface area is 145 Å². The molecule has 2 N–H and O–H groups in total. The Balaban J connectivity index is 1.46. The van der Waals surface area contributed by atoms with Crippen LogP contribution in [0.4, 0.5) is 0 Å².